The lowest BCUT2D eigenvalue weighted by Gasteiger charge is -2.19. The van der Waals surface area contributed by atoms with Crippen molar-refractivity contribution in [3.63, 3.8) is 0 Å². The molecule has 0 unspecified atom stereocenters. The smallest absolute Gasteiger partial charge is 0.238 e. The molecule has 0 fully saturated rings. The highest BCUT2D eigenvalue weighted by Gasteiger charge is 2.15. The van der Waals surface area contributed by atoms with Crippen LogP contribution in [0.25, 0.3) is 0 Å². The number of carbonyl (C=O) groups excluding carboxylic acids is 2. The van der Waals surface area contributed by atoms with Gasteiger partial charge in [0.15, 0.2) is 0 Å². The minimum atomic E-state index is -0.129. The van der Waals surface area contributed by atoms with Crippen molar-refractivity contribution < 1.29 is 9.59 Å². The Balaban J connectivity index is 1.95. The third-order valence-electron chi connectivity index (χ3n) is 4.84. The van der Waals surface area contributed by atoms with Crippen LogP contribution < -0.4 is 10.6 Å². The topological polar surface area (TPSA) is 61.4 Å². The van der Waals surface area contributed by atoms with Crippen molar-refractivity contribution >= 4 is 23.2 Å². The number of anilines is 2. The molecule has 0 bridgehead atoms. The zero-order chi connectivity index (χ0) is 20.7. The van der Waals surface area contributed by atoms with E-state index in [1.54, 1.807) is 11.9 Å². The zero-order valence-corrected chi connectivity index (χ0v) is 17.6. The van der Waals surface area contributed by atoms with Crippen molar-refractivity contribution in [2.75, 3.05) is 30.8 Å². The molecule has 0 aliphatic carbocycles. The monoisotopic (exact) mass is 381 g/mol. The molecule has 2 N–H and O–H groups in total. The molecule has 2 rings (SSSR count). The van der Waals surface area contributed by atoms with E-state index in [1.807, 2.05) is 50.2 Å². The van der Waals surface area contributed by atoms with Gasteiger partial charge >= 0.3 is 0 Å². The second-order valence-corrected chi connectivity index (χ2v) is 7.19. The van der Waals surface area contributed by atoms with Gasteiger partial charge in [-0.25, -0.2) is 0 Å². The van der Waals surface area contributed by atoms with Crippen LogP contribution in [0.4, 0.5) is 11.4 Å². The molecule has 0 saturated heterocycles. The summed E-state index contributed by atoms with van der Waals surface area (Å²) < 4.78 is 0. The van der Waals surface area contributed by atoms with Crippen LogP contribution in [0.1, 0.15) is 36.1 Å². The second-order valence-electron chi connectivity index (χ2n) is 7.19. The molecule has 2 aromatic rings. The van der Waals surface area contributed by atoms with Crippen molar-refractivity contribution in [2.45, 2.75) is 40.5 Å². The summed E-state index contributed by atoms with van der Waals surface area (Å²) in [7, 11) is 1.77. The quantitative estimate of drug-likeness (QED) is 0.728. The maximum absolute atomic E-state index is 12.5. The highest BCUT2D eigenvalue weighted by molar-refractivity contribution is 5.96. The van der Waals surface area contributed by atoms with Crippen molar-refractivity contribution in [3.05, 3.63) is 58.7 Å². The zero-order valence-electron chi connectivity index (χ0n) is 17.6. The Hall–Kier alpha value is -2.66. The lowest BCUT2D eigenvalue weighted by molar-refractivity contribution is -0.119. The number of para-hydroxylation sites is 2. The Kier molecular flexibility index (Phi) is 7.76. The first-order valence-electron chi connectivity index (χ1n) is 9.80. The number of hydrogen-bond donors (Lipinski definition) is 2. The van der Waals surface area contributed by atoms with E-state index in [2.05, 4.69) is 24.5 Å². The van der Waals surface area contributed by atoms with Crippen LogP contribution in [0.3, 0.4) is 0 Å². The van der Waals surface area contributed by atoms with Gasteiger partial charge in [-0.3, -0.25) is 14.5 Å². The van der Waals surface area contributed by atoms with Crippen LogP contribution in [0.15, 0.2) is 36.4 Å². The Morgan fingerprint density at radius 2 is 1.21 bits per heavy atom. The molecule has 0 saturated carbocycles. The predicted molar refractivity (Wildman–Crippen MR) is 116 cm³/mol. The molecule has 5 heteroatoms. The summed E-state index contributed by atoms with van der Waals surface area (Å²) in [5.41, 5.74) is 6.06. The van der Waals surface area contributed by atoms with Gasteiger partial charge in [-0.05, 0) is 56.0 Å². The molecule has 150 valence electrons. The normalized spacial score (nSPS) is 10.8. The molecule has 2 aromatic carbocycles. The van der Waals surface area contributed by atoms with Crippen LogP contribution in [0, 0.1) is 13.8 Å². The fourth-order valence-electron chi connectivity index (χ4n) is 3.32. The van der Waals surface area contributed by atoms with E-state index in [1.165, 1.54) is 0 Å². The van der Waals surface area contributed by atoms with Gasteiger partial charge in [0.05, 0.1) is 13.1 Å². The Morgan fingerprint density at radius 1 is 0.786 bits per heavy atom. The molecule has 0 heterocycles. The van der Waals surface area contributed by atoms with E-state index in [9.17, 15) is 9.59 Å². The SMILES string of the molecule is CCc1cccc(CC)c1NC(=O)CN(C)CC(=O)Nc1c(C)cccc1C. The van der Waals surface area contributed by atoms with Gasteiger partial charge in [0.1, 0.15) is 0 Å². The number of amides is 2. The van der Waals surface area contributed by atoms with Crippen LogP contribution in [0.5, 0.6) is 0 Å². The van der Waals surface area contributed by atoms with Crippen molar-refractivity contribution in [3.8, 4) is 0 Å². The highest BCUT2D eigenvalue weighted by atomic mass is 16.2. The average Bonchev–Trinajstić information content (AvgIpc) is 2.64. The van der Waals surface area contributed by atoms with Crippen molar-refractivity contribution in [2.24, 2.45) is 0 Å². The molecular formula is C23H31N3O2. The Morgan fingerprint density at radius 3 is 1.68 bits per heavy atom. The van der Waals surface area contributed by atoms with Gasteiger partial charge < -0.3 is 10.6 Å². The van der Waals surface area contributed by atoms with E-state index in [0.717, 1.165) is 46.5 Å². The first-order chi connectivity index (χ1) is 13.3. The number of likely N-dealkylation sites (N-methyl/N-ethyl adjacent to an activating group) is 1. The van der Waals surface area contributed by atoms with E-state index in [-0.39, 0.29) is 24.9 Å². The molecule has 0 radical (unpaired) electrons. The molecule has 28 heavy (non-hydrogen) atoms. The number of carbonyl (C=O) groups is 2. The van der Waals surface area contributed by atoms with Crippen LogP contribution in [-0.4, -0.2) is 36.9 Å². The van der Waals surface area contributed by atoms with Gasteiger partial charge in [0.25, 0.3) is 0 Å². The maximum atomic E-state index is 12.5. The molecule has 0 aliphatic heterocycles. The number of rotatable bonds is 8. The lowest BCUT2D eigenvalue weighted by Crippen LogP contribution is -2.36. The van der Waals surface area contributed by atoms with E-state index < -0.39 is 0 Å². The standard InChI is InChI=1S/C23H31N3O2/c1-6-18-12-9-13-19(7-2)23(18)25-21(28)15-26(5)14-20(27)24-22-16(3)10-8-11-17(22)4/h8-13H,6-7,14-15H2,1-5H3,(H,24,27)(H,25,28). The minimum Gasteiger partial charge on any atom is -0.324 e. The summed E-state index contributed by atoms with van der Waals surface area (Å²) >= 11 is 0. The lowest BCUT2D eigenvalue weighted by atomic mass is 10.0. The van der Waals surface area contributed by atoms with Crippen molar-refractivity contribution in [1.82, 2.24) is 4.90 Å². The first-order valence-corrected chi connectivity index (χ1v) is 9.80. The predicted octanol–water partition coefficient (Wildman–Crippen LogP) is 3.94. The van der Waals surface area contributed by atoms with Gasteiger partial charge in [-0.15, -0.1) is 0 Å². The van der Waals surface area contributed by atoms with E-state index in [0.29, 0.717) is 0 Å². The summed E-state index contributed by atoms with van der Waals surface area (Å²) in [4.78, 5) is 26.6. The molecular weight excluding hydrogens is 350 g/mol. The second kappa shape index (κ2) is 10.0. The highest BCUT2D eigenvalue weighted by Crippen LogP contribution is 2.22. The van der Waals surface area contributed by atoms with Crippen molar-refractivity contribution in [1.29, 1.82) is 0 Å². The fourth-order valence-corrected chi connectivity index (χ4v) is 3.32. The van der Waals surface area contributed by atoms with Gasteiger partial charge in [-0.2, -0.15) is 0 Å². The minimum absolute atomic E-state index is 0.113. The maximum Gasteiger partial charge on any atom is 0.238 e. The van der Waals surface area contributed by atoms with Gasteiger partial charge in [0.2, 0.25) is 11.8 Å². The molecule has 0 atom stereocenters. The van der Waals surface area contributed by atoms with Gasteiger partial charge in [-0.1, -0.05) is 50.2 Å². The Labute approximate surface area is 168 Å². The third-order valence-corrected chi connectivity index (χ3v) is 4.84. The molecule has 5 nitrogen and oxygen atoms in total. The van der Waals surface area contributed by atoms with Crippen LogP contribution in [0.2, 0.25) is 0 Å². The summed E-state index contributed by atoms with van der Waals surface area (Å²) in [6.07, 6.45) is 1.72. The van der Waals surface area contributed by atoms with Crippen LogP contribution in [-0.2, 0) is 22.4 Å². The van der Waals surface area contributed by atoms with Gasteiger partial charge in [0, 0.05) is 11.4 Å². The molecule has 0 spiro atoms. The largest absolute Gasteiger partial charge is 0.324 e. The first kappa shape index (κ1) is 21.6. The molecule has 0 aliphatic rings. The van der Waals surface area contributed by atoms with E-state index in [4.69, 9.17) is 0 Å². The summed E-state index contributed by atoms with van der Waals surface area (Å²) in [6.45, 7) is 8.40. The Bertz CT molecular complexity index is 803. The summed E-state index contributed by atoms with van der Waals surface area (Å²) in [5.74, 6) is -0.242. The number of nitrogens with one attached hydrogen (secondary N) is 2. The molecule has 0 aromatic heterocycles. The summed E-state index contributed by atoms with van der Waals surface area (Å²) in [6, 6.07) is 12.0. The van der Waals surface area contributed by atoms with Crippen LogP contribution >= 0.6 is 0 Å². The van der Waals surface area contributed by atoms with E-state index >= 15 is 0 Å². The molecule has 2 amide bonds. The average molecular weight is 382 g/mol. The summed E-state index contributed by atoms with van der Waals surface area (Å²) in [5, 5.41) is 6.00. The number of benzene rings is 2. The third kappa shape index (κ3) is 5.67. The number of nitrogens with zero attached hydrogens (tertiary/aromatic N) is 1. The fraction of sp³-hybridized carbons (Fsp3) is 0.391. The number of hydrogen-bond acceptors (Lipinski definition) is 3. The number of aryl methyl sites for hydroxylation is 4.